The molecule has 0 radical (unpaired) electrons. The first kappa shape index (κ1) is 17.1. The van der Waals surface area contributed by atoms with Crippen LogP contribution in [-0.4, -0.2) is 47.7 Å². The van der Waals surface area contributed by atoms with Crippen LogP contribution in [0.5, 0.6) is 0 Å². The van der Waals surface area contributed by atoms with Gasteiger partial charge in [0, 0.05) is 19.3 Å². The Morgan fingerprint density at radius 2 is 2.10 bits per heavy atom. The average molecular weight is 319 g/mol. The second-order valence-corrected chi connectivity index (χ2v) is 6.10. The van der Waals surface area contributed by atoms with Crippen LogP contribution in [0.3, 0.4) is 0 Å². The summed E-state index contributed by atoms with van der Waals surface area (Å²) >= 11 is 0. The Bertz CT molecular complexity index is 636. The number of aliphatic hydroxyl groups excluding tert-OH is 1. The maximum Gasteiger partial charge on any atom is 0.352 e. The number of aromatic carboxylic acids is 1. The highest BCUT2D eigenvalue weighted by molar-refractivity contribution is 7.89. The molecule has 0 aliphatic carbocycles. The average Bonchev–Trinajstić information content (AvgIpc) is 2.81. The molecule has 0 aromatic carbocycles. The molecule has 21 heavy (non-hydrogen) atoms. The summed E-state index contributed by atoms with van der Waals surface area (Å²) in [6, 6.07) is 1.01. The van der Waals surface area contributed by atoms with Crippen molar-refractivity contribution in [1.82, 2.24) is 9.29 Å². The van der Waals surface area contributed by atoms with E-state index in [0.29, 0.717) is 13.0 Å². The first-order valence-corrected chi connectivity index (χ1v) is 7.58. The SMILES string of the molecule is CCCn1cc(S(=O)(=O)NCC(O)C(N)=O)cc1C(=O)O. The van der Waals surface area contributed by atoms with Gasteiger partial charge in [0.2, 0.25) is 15.9 Å². The number of hydrogen-bond acceptors (Lipinski definition) is 5. The lowest BCUT2D eigenvalue weighted by atomic mass is 10.3. The summed E-state index contributed by atoms with van der Waals surface area (Å²) in [6.07, 6.45) is 0.158. The van der Waals surface area contributed by atoms with Gasteiger partial charge in [0.25, 0.3) is 0 Å². The van der Waals surface area contributed by atoms with Crippen molar-refractivity contribution in [2.75, 3.05) is 6.54 Å². The second-order valence-electron chi connectivity index (χ2n) is 4.33. The van der Waals surface area contributed by atoms with Crippen molar-refractivity contribution in [3.8, 4) is 0 Å². The number of carbonyl (C=O) groups excluding carboxylic acids is 1. The molecule has 118 valence electrons. The summed E-state index contributed by atoms with van der Waals surface area (Å²) in [4.78, 5) is 21.4. The largest absolute Gasteiger partial charge is 0.477 e. The summed E-state index contributed by atoms with van der Waals surface area (Å²) < 4.78 is 27.2. The van der Waals surface area contributed by atoms with E-state index in [9.17, 15) is 18.0 Å². The molecule has 0 bridgehead atoms. The first-order valence-electron chi connectivity index (χ1n) is 6.09. The van der Waals surface area contributed by atoms with Gasteiger partial charge in [0.15, 0.2) is 0 Å². The highest BCUT2D eigenvalue weighted by atomic mass is 32.2. The lowest BCUT2D eigenvalue weighted by Gasteiger charge is -2.08. The topological polar surface area (TPSA) is 152 Å². The number of nitrogens with zero attached hydrogens (tertiary/aromatic N) is 1. The summed E-state index contributed by atoms with van der Waals surface area (Å²) in [5.74, 6) is -2.31. The Labute approximate surface area is 121 Å². The summed E-state index contributed by atoms with van der Waals surface area (Å²) in [5, 5.41) is 18.2. The predicted molar refractivity (Wildman–Crippen MR) is 72.1 cm³/mol. The van der Waals surface area contributed by atoms with Gasteiger partial charge >= 0.3 is 5.97 Å². The van der Waals surface area contributed by atoms with Gasteiger partial charge in [-0.05, 0) is 12.5 Å². The zero-order valence-corrected chi connectivity index (χ0v) is 12.1. The minimum absolute atomic E-state index is 0.160. The van der Waals surface area contributed by atoms with Crippen LogP contribution in [0.4, 0.5) is 0 Å². The van der Waals surface area contributed by atoms with Gasteiger partial charge < -0.3 is 20.5 Å². The minimum atomic E-state index is -4.04. The fraction of sp³-hybridized carbons (Fsp3) is 0.455. The number of carboxylic acid groups (broad SMARTS) is 1. The van der Waals surface area contributed by atoms with Crippen molar-refractivity contribution in [1.29, 1.82) is 0 Å². The van der Waals surface area contributed by atoms with Gasteiger partial charge in [0.1, 0.15) is 16.7 Å². The molecule has 1 aromatic rings. The van der Waals surface area contributed by atoms with E-state index >= 15 is 0 Å². The van der Waals surface area contributed by atoms with Crippen molar-refractivity contribution in [2.45, 2.75) is 30.9 Å². The Morgan fingerprint density at radius 1 is 1.48 bits per heavy atom. The zero-order valence-electron chi connectivity index (χ0n) is 11.3. The molecule has 9 nitrogen and oxygen atoms in total. The normalized spacial score (nSPS) is 13.0. The van der Waals surface area contributed by atoms with Gasteiger partial charge in [-0.2, -0.15) is 0 Å². The van der Waals surface area contributed by atoms with E-state index in [1.807, 2.05) is 11.6 Å². The van der Waals surface area contributed by atoms with Gasteiger partial charge in [-0.15, -0.1) is 0 Å². The molecule has 0 spiro atoms. The summed E-state index contributed by atoms with van der Waals surface area (Å²) in [6.45, 7) is 1.58. The maximum absolute atomic E-state index is 12.0. The Morgan fingerprint density at radius 3 is 2.57 bits per heavy atom. The van der Waals surface area contributed by atoms with Crippen molar-refractivity contribution >= 4 is 21.9 Å². The Balaban J connectivity index is 3.00. The summed E-state index contributed by atoms with van der Waals surface area (Å²) in [7, 11) is -4.04. The number of nitrogens with one attached hydrogen (secondary N) is 1. The molecule has 1 amide bonds. The van der Waals surface area contributed by atoms with Crippen molar-refractivity contribution in [3.63, 3.8) is 0 Å². The lowest BCUT2D eigenvalue weighted by molar-refractivity contribution is -0.125. The Hall–Kier alpha value is -1.91. The number of primary amides is 1. The lowest BCUT2D eigenvalue weighted by Crippen LogP contribution is -2.39. The number of carboxylic acids is 1. The number of nitrogens with two attached hydrogens (primary N) is 1. The predicted octanol–water partition coefficient (Wildman–Crippen LogP) is -1.28. The van der Waals surface area contributed by atoms with Crippen LogP contribution < -0.4 is 10.5 Å². The third-order valence-corrected chi connectivity index (χ3v) is 4.05. The van der Waals surface area contributed by atoms with Gasteiger partial charge in [0.05, 0.1) is 0 Å². The fourth-order valence-corrected chi connectivity index (χ4v) is 2.68. The number of carbonyl (C=O) groups is 2. The smallest absolute Gasteiger partial charge is 0.352 e. The molecule has 1 atom stereocenters. The van der Waals surface area contributed by atoms with E-state index in [1.54, 1.807) is 0 Å². The molecule has 0 saturated heterocycles. The van der Waals surface area contributed by atoms with E-state index in [4.69, 9.17) is 15.9 Å². The van der Waals surface area contributed by atoms with Crippen LogP contribution in [0.25, 0.3) is 0 Å². The molecule has 0 fully saturated rings. The van der Waals surface area contributed by atoms with Crippen LogP contribution in [0.1, 0.15) is 23.8 Å². The van der Waals surface area contributed by atoms with Crippen LogP contribution in [0, 0.1) is 0 Å². The third kappa shape index (κ3) is 4.28. The van der Waals surface area contributed by atoms with E-state index in [1.165, 1.54) is 10.8 Å². The maximum atomic E-state index is 12.0. The van der Waals surface area contributed by atoms with E-state index in [2.05, 4.69) is 0 Å². The first-order chi connectivity index (χ1) is 9.69. The number of hydrogen-bond donors (Lipinski definition) is 4. The van der Waals surface area contributed by atoms with Crippen LogP contribution in [0.15, 0.2) is 17.2 Å². The van der Waals surface area contributed by atoms with Gasteiger partial charge in [-0.25, -0.2) is 17.9 Å². The van der Waals surface area contributed by atoms with Crippen LogP contribution in [-0.2, 0) is 21.4 Å². The Kier molecular flexibility index (Phi) is 5.47. The number of aromatic nitrogens is 1. The van der Waals surface area contributed by atoms with Crippen LogP contribution >= 0.6 is 0 Å². The third-order valence-electron chi connectivity index (χ3n) is 2.66. The highest BCUT2D eigenvalue weighted by Crippen LogP contribution is 2.15. The fourth-order valence-electron chi connectivity index (χ4n) is 1.61. The zero-order chi connectivity index (χ0) is 16.2. The quantitative estimate of drug-likeness (QED) is 0.468. The molecule has 5 N–H and O–H groups in total. The van der Waals surface area contributed by atoms with Crippen LogP contribution in [0.2, 0.25) is 0 Å². The second kappa shape index (κ2) is 6.70. The molecule has 1 heterocycles. The van der Waals surface area contributed by atoms with E-state index < -0.39 is 34.5 Å². The standard InChI is InChI=1S/C11H17N3O6S/c1-2-3-14-6-7(4-8(14)11(17)18)21(19,20)13-5-9(15)10(12)16/h4,6,9,13,15H,2-3,5H2,1H3,(H2,12,16)(H,17,18). The molecular formula is C11H17N3O6S. The monoisotopic (exact) mass is 319 g/mol. The molecule has 1 unspecified atom stereocenters. The molecule has 0 aliphatic rings. The minimum Gasteiger partial charge on any atom is -0.477 e. The number of rotatable bonds is 8. The van der Waals surface area contributed by atoms with Crippen molar-refractivity contribution in [3.05, 3.63) is 18.0 Å². The number of amides is 1. The molecule has 0 saturated carbocycles. The number of aryl methyl sites for hydroxylation is 1. The molecular weight excluding hydrogens is 302 g/mol. The highest BCUT2D eigenvalue weighted by Gasteiger charge is 2.22. The van der Waals surface area contributed by atoms with Gasteiger partial charge in [-0.1, -0.05) is 6.92 Å². The van der Waals surface area contributed by atoms with Crippen molar-refractivity contribution in [2.24, 2.45) is 5.73 Å². The molecule has 1 aromatic heterocycles. The molecule has 1 rings (SSSR count). The van der Waals surface area contributed by atoms with Gasteiger partial charge in [-0.3, -0.25) is 4.79 Å². The molecule has 0 aliphatic heterocycles. The number of sulfonamides is 1. The van der Waals surface area contributed by atoms with E-state index in [-0.39, 0.29) is 10.6 Å². The summed E-state index contributed by atoms with van der Waals surface area (Å²) in [5.41, 5.74) is 4.65. The molecule has 10 heteroatoms. The number of aliphatic hydroxyl groups is 1. The van der Waals surface area contributed by atoms with E-state index in [0.717, 1.165) is 6.07 Å². The van der Waals surface area contributed by atoms with Crippen molar-refractivity contribution < 1.29 is 28.2 Å².